The summed E-state index contributed by atoms with van der Waals surface area (Å²) in [5.41, 5.74) is 1.96. The predicted molar refractivity (Wildman–Crippen MR) is 33.5 cm³/mol. The Hall–Kier alpha value is -1.45. The normalized spacial score (nSPS) is 10.5. The topological polar surface area (TPSA) is 51.8 Å². The molecule has 0 bridgehead atoms. The van der Waals surface area contributed by atoms with Gasteiger partial charge >= 0.3 is 0 Å². The van der Waals surface area contributed by atoms with Crippen LogP contribution in [0.3, 0.4) is 0 Å². The van der Waals surface area contributed by atoms with E-state index in [0.717, 1.165) is 11.1 Å². The van der Waals surface area contributed by atoms with Gasteiger partial charge in [0.05, 0.1) is 18.0 Å². The van der Waals surface area contributed by atoms with Crippen LogP contribution < -0.4 is 0 Å². The van der Waals surface area contributed by atoms with Gasteiger partial charge in [-0.1, -0.05) is 5.16 Å². The van der Waals surface area contributed by atoms with Crippen molar-refractivity contribution >= 4 is 0 Å². The summed E-state index contributed by atoms with van der Waals surface area (Å²) < 4.78 is 4.81. The number of nitrogens with zero attached hydrogens (tertiary/aromatic N) is 3. The van der Waals surface area contributed by atoms with E-state index in [0.29, 0.717) is 5.89 Å². The highest BCUT2D eigenvalue weighted by Crippen LogP contribution is 2.19. The first-order valence-corrected chi connectivity index (χ1v) is 2.90. The fourth-order valence-corrected chi connectivity index (χ4v) is 0.811. The Morgan fingerprint density at radius 3 is 3.10 bits per heavy atom. The molecule has 2 rings (SSSR count). The minimum atomic E-state index is 0.500. The molecule has 0 aromatic carbocycles. The summed E-state index contributed by atoms with van der Waals surface area (Å²) in [6.45, 7) is 1.94. The lowest BCUT2D eigenvalue weighted by atomic mass is 10.2. The van der Waals surface area contributed by atoms with E-state index < -0.39 is 0 Å². The largest absolute Gasteiger partial charge is 0.334 e. The second-order valence-electron chi connectivity index (χ2n) is 2.07. The third-order valence-electron chi connectivity index (χ3n) is 1.38. The van der Waals surface area contributed by atoms with Gasteiger partial charge in [-0.3, -0.25) is 0 Å². The summed E-state index contributed by atoms with van der Waals surface area (Å²) in [7, 11) is 0. The minimum absolute atomic E-state index is 0.500. The second kappa shape index (κ2) is 1.76. The zero-order valence-corrected chi connectivity index (χ0v) is 5.40. The molecular weight excluding hydrogens is 130 g/mol. The van der Waals surface area contributed by atoms with E-state index >= 15 is 0 Å². The predicted octanol–water partition coefficient (Wildman–Crippen LogP) is 0.878. The van der Waals surface area contributed by atoms with E-state index in [1.54, 1.807) is 12.4 Å². The van der Waals surface area contributed by atoms with Crippen molar-refractivity contribution < 1.29 is 4.52 Å². The molecule has 10 heavy (non-hydrogen) atoms. The van der Waals surface area contributed by atoms with Crippen molar-refractivity contribution in [3.05, 3.63) is 18.0 Å². The van der Waals surface area contributed by atoms with Crippen LogP contribution >= 0.6 is 0 Å². The lowest BCUT2D eigenvalue weighted by Crippen LogP contribution is -1.83. The first kappa shape index (κ1) is 5.34. The average Bonchev–Trinajstić information content (AvgIpc) is 2.36. The summed E-state index contributed by atoms with van der Waals surface area (Å²) in [6.07, 6.45) is 3.31. The Morgan fingerprint density at radius 2 is 2.30 bits per heavy atom. The van der Waals surface area contributed by atoms with Crippen LogP contribution in [0.4, 0.5) is 0 Å². The number of hydrogen-bond donors (Lipinski definition) is 0. The first-order valence-electron chi connectivity index (χ1n) is 2.90. The van der Waals surface area contributed by atoms with Crippen molar-refractivity contribution in [1.29, 1.82) is 0 Å². The smallest absolute Gasteiger partial charge is 0.276 e. The Labute approximate surface area is 57.2 Å². The molecule has 2 aliphatic rings. The lowest BCUT2D eigenvalue weighted by Gasteiger charge is -1.93. The fraction of sp³-hybridized carbons (Fsp3) is 0.167. The number of hydrogen-bond acceptors (Lipinski definition) is 4. The van der Waals surface area contributed by atoms with Gasteiger partial charge in [0, 0.05) is 0 Å². The summed E-state index contributed by atoms with van der Waals surface area (Å²) in [6, 6.07) is 0. The van der Waals surface area contributed by atoms with Gasteiger partial charge < -0.3 is 4.52 Å². The van der Waals surface area contributed by atoms with E-state index in [9.17, 15) is 0 Å². The van der Waals surface area contributed by atoms with Crippen LogP contribution in [-0.4, -0.2) is 15.4 Å². The third-order valence-corrected chi connectivity index (χ3v) is 1.38. The molecule has 0 fully saturated rings. The van der Waals surface area contributed by atoms with E-state index in [2.05, 4.69) is 15.4 Å². The zero-order valence-electron chi connectivity index (χ0n) is 5.40. The van der Waals surface area contributed by atoms with E-state index in [1.165, 1.54) is 0 Å². The molecule has 0 saturated carbocycles. The van der Waals surface area contributed by atoms with Gasteiger partial charge in [0.15, 0.2) is 0 Å². The summed E-state index contributed by atoms with van der Waals surface area (Å²) in [5, 5.41) is 11.0. The molecule has 4 nitrogen and oxygen atoms in total. The molecule has 4 heteroatoms. The quantitative estimate of drug-likeness (QED) is 0.538. The molecule has 2 heterocycles. The van der Waals surface area contributed by atoms with Gasteiger partial charge in [-0.2, -0.15) is 5.10 Å². The zero-order chi connectivity index (χ0) is 6.97. The van der Waals surface area contributed by atoms with Crippen LogP contribution in [0.1, 0.15) is 5.56 Å². The molecular formula is C6H5N3O. The average molecular weight is 135 g/mol. The van der Waals surface area contributed by atoms with Crippen LogP contribution in [0.2, 0.25) is 0 Å². The van der Waals surface area contributed by atoms with Crippen LogP contribution in [-0.2, 0) is 0 Å². The molecule has 50 valence electrons. The van der Waals surface area contributed by atoms with Crippen molar-refractivity contribution in [3.63, 3.8) is 0 Å². The Morgan fingerprint density at radius 1 is 1.40 bits per heavy atom. The number of fused-ring (bicyclic) bond motifs is 1. The lowest BCUT2D eigenvalue weighted by molar-refractivity contribution is 0.400. The Bertz CT molecular complexity index is 317. The number of aryl methyl sites for hydroxylation is 1. The Balaban J connectivity index is 2.80. The van der Waals surface area contributed by atoms with E-state index in [1.807, 2.05) is 6.92 Å². The molecule has 0 N–H and O–H groups in total. The van der Waals surface area contributed by atoms with Crippen LogP contribution in [0, 0.1) is 6.92 Å². The van der Waals surface area contributed by atoms with E-state index in [4.69, 9.17) is 4.52 Å². The molecule has 0 atom stereocenters. The van der Waals surface area contributed by atoms with Gasteiger partial charge in [0.2, 0.25) is 0 Å². The van der Waals surface area contributed by atoms with Crippen LogP contribution in [0.5, 0.6) is 0 Å². The maximum absolute atomic E-state index is 4.81. The number of rotatable bonds is 0. The van der Waals surface area contributed by atoms with Gasteiger partial charge in [0.25, 0.3) is 5.89 Å². The van der Waals surface area contributed by atoms with Crippen molar-refractivity contribution in [3.8, 4) is 11.5 Å². The summed E-state index contributed by atoms with van der Waals surface area (Å²) in [5.74, 6) is 0.500. The highest BCUT2D eigenvalue weighted by Gasteiger charge is 2.09. The van der Waals surface area contributed by atoms with Crippen molar-refractivity contribution in [2.24, 2.45) is 0 Å². The number of aromatic nitrogens is 3. The van der Waals surface area contributed by atoms with Crippen molar-refractivity contribution in [1.82, 2.24) is 15.4 Å². The third kappa shape index (κ3) is 0.586. The van der Waals surface area contributed by atoms with Gasteiger partial charge in [0.1, 0.15) is 0 Å². The molecule has 0 aromatic heterocycles. The van der Waals surface area contributed by atoms with E-state index in [-0.39, 0.29) is 0 Å². The van der Waals surface area contributed by atoms with Crippen molar-refractivity contribution in [2.45, 2.75) is 6.92 Å². The maximum Gasteiger partial charge on any atom is 0.276 e. The van der Waals surface area contributed by atoms with Crippen LogP contribution in [0.25, 0.3) is 11.5 Å². The van der Waals surface area contributed by atoms with Gasteiger partial charge in [-0.25, -0.2) is 0 Å². The Kier molecular flexibility index (Phi) is 0.943. The highest BCUT2D eigenvalue weighted by molar-refractivity contribution is 5.55. The standard InChI is InChI=1S/C6H5N3O/c1-4-2-8-10-6-5(4)3-7-9-6/h2-3H,1H3. The van der Waals surface area contributed by atoms with Gasteiger partial charge in [-0.05, 0) is 12.5 Å². The van der Waals surface area contributed by atoms with Crippen molar-refractivity contribution in [2.75, 3.05) is 0 Å². The molecule has 0 radical (unpaired) electrons. The SMILES string of the molecule is Cc1cnoc2nncc1-2. The van der Waals surface area contributed by atoms with Gasteiger partial charge in [-0.15, -0.1) is 5.10 Å². The minimum Gasteiger partial charge on any atom is -0.334 e. The fourth-order valence-electron chi connectivity index (χ4n) is 0.811. The summed E-state index contributed by atoms with van der Waals surface area (Å²) >= 11 is 0. The van der Waals surface area contributed by atoms with Crippen LogP contribution in [0.15, 0.2) is 16.9 Å². The highest BCUT2D eigenvalue weighted by atomic mass is 16.5. The first-order chi connectivity index (χ1) is 4.88. The second-order valence-corrected chi connectivity index (χ2v) is 2.07. The molecule has 0 saturated heterocycles. The molecule has 0 spiro atoms. The monoisotopic (exact) mass is 135 g/mol. The molecule has 0 aliphatic carbocycles. The molecule has 2 aliphatic heterocycles. The molecule has 0 unspecified atom stereocenters. The summed E-state index contributed by atoms with van der Waals surface area (Å²) in [4.78, 5) is 0. The molecule has 0 aromatic rings. The molecule has 0 amide bonds. The maximum atomic E-state index is 4.81.